The van der Waals surface area contributed by atoms with Crippen molar-refractivity contribution in [1.29, 1.82) is 0 Å². The van der Waals surface area contributed by atoms with Crippen molar-refractivity contribution >= 4 is 17.4 Å². The molecule has 0 bridgehead atoms. The Labute approximate surface area is 139 Å². The maximum Gasteiger partial charge on any atom is 0.319 e. The number of amides is 2. The van der Waals surface area contributed by atoms with Gasteiger partial charge in [0.25, 0.3) is 5.69 Å². The highest BCUT2D eigenvalue weighted by Crippen LogP contribution is 2.25. The van der Waals surface area contributed by atoms with E-state index in [1.165, 1.54) is 12.1 Å². The number of aromatic nitrogens is 1. The van der Waals surface area contributed by atoms with Crippen LogP contribution in [0.3, 0.4) is 0 Å². The zero-order valence-corrected chi connectivity index (χ0v) is 14.0. The van der Waals surface area contributed by atoms with Crippen molar-refractivity contribution in [2.24, 2.45) is 0 Å². The first-order valence-electron chi connectivity index (χ1n) is 7.58. The Morgan fingerprint density at radius 2 is 2.08 bits per heavy atom. The fourth-order valence-corrected chi connectivity index (χ4v) is 2.63. The van der Waals surface area contributed by atoms with Crippen molar-refractivity contribution in [3.63, 3.8) is 0 Å². The first-order valence-corrected chi connectivity index (χ1v) is 7.58. The van der Waals surface area contributed by atoms with Gasteiger partial charge in [-0.15, -0.1) is 0 Å². The minimum atomic E-state index is -0.455. The third-order valence-corrected chi connectivity index (χ3v) is 3.80. The molecule has 0 aliphatic rings. The number of carbonyl (C=O) groups is 1. The molecule has 8 nitrogen and oxygen atoms in total. The fraction of sp³-hybridized carbons (Fsp3) is 0.375. The van der Waals surface area contributed by atoms with Gasteiger partial charge in [-0.3, -0.25) is 10.1 Å². The van der Waals surface area contributed by atoms with E-state index < -0.39 is 11.0 Å². The number of nitro benzene ring substituents is 1. The summed E-state index contributed by atoms with van der Waals surface area (Å²) in [5.41, 5.74) is 2.60. The zero-order valence-electron chi connectivity index (χ0n) is 14.0. The number of benzene rings is 1. The van der Waals surface area contributed by atoms with Gasteiger partial charge in [0.1, 0.15) is 5.76 Å². The molecule has 1 aromatic heterocycles. The normalized spacial score (nSPS) is 11.8. The van der Waals surface area contributed by atoms with E-state index >= 15 is 0 Å². The molecule has 1 heterocycles. The Balaban J connectivity index is 2.10. The van der Waals surface area contributed by atoms with Crippen LogP contribution < -0.4 is 10.6 Å². The van der Waals surface area contributed by atoms with Crippen molar-refractivity contribution in [1.82, 2.24) is 10.5 Å². The third kappa shape index (κ3) is 3.70. The molecule has 2 rings (SSSR count). The highest BCUT2D eigenvalue weighted by Gasteiger charge is 2.21. The Hall–Kier alpha value is -2.90. The van der Waals surface area contributed by atoms with E-state index in [9.17, 15) is 14.9 Å². The summed E-state index contributed by atoms with van der Waals surface area (Å²) >= 11 is 0. The Bertz CT molecular complexity index is 750. The van der Waals surface area contributed by atoms with E-state index in [1.54, 1.807) is 19.9 Å². The number of rotatable bonds is 5. The summed E-state index contributed by atoms with van der Waals surface area (Å²) in [6, 6.07) is 3.82. The molecule has 0 aliphatic heterocycles. The predicted octanol–water partition coefficient (Wildman–Crippen LogP) is 3.78. The lowest BCUT2D eigenvalue weighted by Gasteiger charge is -2.17. The molecule has 1 aromatic carbocycles. The molecule has 0 spiro atoms. The number of carbonyl (C=O) groups excluding carboxylic acids is 1. The lowest BCUT2D eigenvalue weighted by molar-refractivity contribution is -0.385. The van der Waals surface area contributed by atoms with Crippen LogP contribution in [-0.4, -0.2) is 16.1 Å². The molecule has 8 heteroatoms. The maximum absolute atomic E-state index is 12.2. The molecule has 0 unspecified atom stereocenters. The van der Waals surface area contributed by atoms with Gasteiger partial charge in [-0.1, -0.05) is 12.1 Å². The molecule has 24 heavy (non-hydrogen) atoms. The van der Waals surface area contributed by atoms with E-state index in [0.29, 0.717) is 23.4 Å². The topological polar surface area (TPSA) is 110 Å². The highest BCUT2D eigenvalue weighted by atomic mass is 16.6. The van der Waals surface area contributed by atoms with Gasteiger partial charge in [0.2, 0.25) is 0 Å². The van der Waals surface area contributed by atoms with Crippen LogP contribution in [0.25, 0.3) is 0 Å². The molecule has 0 saturated heterocycles. The minimum Gasteiger partial charge on any atom is -0.361 e. The summed E-state index contributed by atoms with van der Waals surface area (Å²) in [7, 11) is 0. The van der Waals surface area contributed by atoms with Crippen molar-refractivity contribution in [2.75, 3.05) is 5.32 Å². The maximum atomic E-state index is 12.2. The molecular weight excluding hydrogens is 312 g/mol. The van der Waals surface area contributed by atoms with Crippen LogP contribution in [0.2, 0.25) is 0 Å². The van der Waals surface area contributed by atoms with E-state index in [0.717, 1.165) is 11.3 Å². The number of urea groups is 1. The average Bonchev–Trinajstić information content (AvgIpc) is 2.84. The Morgan fingerprint density at radius 1 is 1.38 bits per heavy atom. The van der Waals surface area contributed by atoms with E-state index in [4.69, 9.17) is 4.52 Å². The van der Waals surface area contributed by atoms with Gasteiger partial charge in [0.05, 0.1) is 16.7 Å². The lowest BCUT2D eigenvalue weighted by atomic mass is 10.0. The fourth-order valence-electron chi connectivity index (χ4n) is 2.63. The van der Waals surface area contributed by atoms with Crippen LogP contribution >= 0.6 is 0 Å². The molecule has 1 atom stereocenters. The lowest BCUT2D eigenvalue weighted by Crippen LogP contribution is -2.32. The van der Waals surface area contributed by atoms with Gasteiger partial charge in [-0.05, 0) is 39.3 Å². The number of anilines is 1. The number of nitro groups is 1. The van der Waals surface area contributed by atoms with Crippen LogP contribution in [0.1, 0.15) is 42.0 Å². The Morgan fingerprint density at radius 3 is 2.58 bits per heavy atom. The summed E-state index contributed by atoms with van der Waals surface area (Å²) in [5, 5.41) is 20.3. The zero-order chi connectivity index (χ0) is 17.9. The molecule has 0 aliphatic carbocycles. The molecular formula is C16H20N4O4. The molecule has 2 N–H and O–H groups in total. The monoisotopic (exact) mass is 332 g/mol. The van der Waals surface area contributed by atoms with Crippen LogP contribution in [0.15, 0.2) is 22.7 Å². The van der Waals surface area contributed by atoms with Gasteiger partial charge >= 0.3 is 6.03 Å². The second-order valence-electron chi connectivity index (χ2n) is 5.56. The Kier molecular flexibility index (Phi) is 5.18. The van der Waals surface area contributed by atoms with Crippen molar-refractivity contribution in [2.45, 2.75) is 40.2 Å². The van der Waals surface area contributed by atoms with Crippen molar-refractivity contribution in [3.05, 3.63) is 50.9 Å². The first-order chi connectivity index (χ1) is 11.3. The summed E-state index contributed by atoms with van der Waals surface area (Å²) in [4.78, 5) is 22.6. The number of nitrogens with one attached hydrogen (secondary N) is 2. The SMILES string of the molecule is CC[C@H](NC(=O)Nc1ccc([N+](=O)[O-])c(C)c1)c1c(C)noc1C. The van der Waals surface area contributed by atoms with Gasteiger partial charge in [-0.25, -0.2) is 4.79 Å². The van der Waals surface area contributed by atoms with Gasteiger partial charge < -0.3 is 15.2 Å². The predicted molar refractivity (Wildman–Crippen MR) is 89.0 cm³/mol. The number of nitrogens with zero attached hydrogens (tertiary/aromatic N) is 2. The summed E-state index contributed by atoms with van der Waals surface area (Å²) in [6.07, 6.45) is 0.676. The number of hydrogen-bond donors (Lipinski definition) is 2. The number of aryl methyl sites for hydroxylation is 3. The summed E-state index contributed by atoms with van der Waals surface area (Å²) in [6.45, 7) is 7.21. The largest absolute Gasteiger partial charge is 0.361 e. The van der Waals surface area contributed by atoms with Crippen molar-refractivity contribution < 1.29 is 14.2 Å². The average molecular weight is 332 g/mol. The van der Waals surface area contributed by atoms with Gasteiger partial charge in [0, 0.05) is 22.9 Å². The van der Waals surface area contributed by atoms with E-state index in [1.807, 2.05) is 13.8 Å². The molecule has 0 saturated carbocycles. The summed E-state index contributed by atoms with van der Waals surface area (Å²) < 4.78 is 5.14. The van der Waals surface area contributed by atoms with Gasteiger partial charge in [0.15, 0.2) is 0 Å². The molecule has 2 aromatic rings. The quantitative estimate of drug-likeness (QED) is 0.639. The van der Waals surface area contributed by atoms with Gasteiger partial charge in [-0.2, -0.15) is 0 Å². The second kappa shape index (κ2) is 7.12. The number of hydrogen-bond acceptors (Lipinski definition) is 5. The molecule has 128 valence electrons. The summed E-state index contributed by atoms with van der Waals surface area (Å²) in [5.74, 6) is 0.672. The third-order valence-electron chi connectivity index (χ3n) is 3.80. The molecule has 0 radical (unpaired) electrons. The van der Waals surface area contributed by atoms with Crippen LogP contribution in [0, 0.1) is 30.9 Å². The van der Waals surface area contributed by atoms with E-state index in [-0.39, 0.29) is 11.7 Å². The first kappa shape index (κ1) is 17.5. The second-order valence-corrected chi connectivity index (χ2v) is 5.56. The molecule has 0 fully saturated rings. The minimum absolute atomic E-state index is 0.0168. The van der Waals surface area contributed by atoms with Crippen molar-refractivity contribution in [3.8, 4) is 0 Å². The standard InChI is InChI=1S/C16H20N4O4/c1-5-13(15-10(3)19-24-11(15)4)18-16(21)17-12-6-7-14(20(22)23)9(2)8-12/h6-8,13H,5H2,1-4H3,(H2,17,18,21)/t13-/m0/s1. The van der Waals surface area contributed by atoms with E-state index in [2.05, 4.69) is 15.8 Å². The smallest absolute Gasteiger partial charge is 0.319 e. The molecule has 2 amide bonds. The van der Waals surface area contributed by atoms with Crippen LogP contribution in [-0.2, 0) is 0 Å². The van der Waals surface area contributed by atoms with Crippen LogP contribution in [0.4, 0.5) is 16.2 Å². The highest BCUT2D eigenvalue weighted by molar-refractivity contribution is 5.89. The van der Waals surface area contributed by atoms with Crippen LogP contribution in [0.5, 0.6) is 0 Å².